The Morgan fingerprint density at radius 3 is 2.00 bits per heavy atom. The Hall–Kier alpha value is -3.89. The molecule has 0 amide bonds. The van der Waals surface area contributed by atoms with Crippen LogP contribution in [0.15, 0.2) is 114 Å². The molecule has 0 radical (unpaired) electrons. The van der Waals surface area contributed by atoms with E-state index in [1.54, 1.807) is 0 Å². The molecule has 4 heteroatoms. The van der Waals surface area contributed by atoms with Gasteiger partial charge in [0.05, 0.1) is 29.6 Å². The molecule has 200 valence electrons. The first-order valence-electron chi connectivity index (χ1n) is 13.7. The van der Waals surface area contributed by atoms with Crippen molar-refractivity contribution in [3.05, 3.63) is 120 Å². The van der Waals surface area contributed by atoms with Crippen LogP contribution in [0.5, 0.6) is 5.75 Å². The van der Waals surface area contributed by atoms with Crippen LogP contribution >= 0.6 is 0 Å². The molecule has 1 aliphatic heterocycles. The summed E-state index contributed by atoms with van der Waals surface area (Å²) < 4.78 is 12.4. The number of rotatable bonds is 8. The highest BCUT2D eigenvalue weighted by Crippen LogP contribution is 2.38. The Balaban J connectivity index is 1.40. The monoisotopic (exact) mass is 518 g/mol. The van der Waals surface area contributed by atoms with E-state index in [9.17, 15) is 0 Å². The third kappa shape index (κ3) is 6.76. The first-order valence-corrected chi connectivity index (χ1v) is 13.7. The number of hydrogen-bond acceptors (Lipinski definition) is 4. The van der Waals surface area contributed by atoms with Gasteiger partial charge in [0.2, 0.25) is 0 Å². The fourth-order valence-electron chi connectivity index (χ4n) is 4.77. The molecule has 1 unspecified atom stereocenters. The molecular weight excluding hydrogens is 480 g/mol. The highest BCUT2D eigenvalue weighted by Gasteiger charge is 2.31. The van der Waals surface area contributed by atoms with Crippen LogP contribution in [0.4, 0.5) is 5.69 Å². The van der Waals surface area contributed by atoms with Crippen molar-refractivity contribution in [2.75, 3.05) is 11.6 Å². The van der Waals surface area contributed by atoms with Crippen molar-refractivity contribution >= 4 is 11.4 Å². The van der Waals surface area contributed by atoms with Gasteiger partial charge in [0.25, 0.3) is 0 Å². The topological polar surface area (TPSA) is 34.1 Å². The lowest BCUT2D eigenvalue weighted by molar-refractivity contribution is -0.0723. The van der Waals surface area contributed by atoms with Crippen molar-refractivity contribution in [2.24, 2.45) is 5.10 Å². The van der Waals surface area contributed by atoms with Gasteiger partial charge in [-0.25, -0.2) is 0 Å². The number of para-hydroxylation sites is 1. The maximum atomic E-state index is 6.42. The van der Waals surface area contributed by atoms with E-state index in [1.165, 1.54) is 16.7 Å². The highest BCUT2D eigenvalue weighted by molar-refractivity contribution is 6.03. The normalized spacial score (nSPS) is 15.8. The van der Waals surface area contributed by atoms with Crippen LogP contribution in [-0.2, 0) is 4.74 Å². The van der Waals surface area contributed by atoms with Crippen molar-refractivity contribution in [3.63, 3.8) is 0 Å². The molecule has 0 saturated heterocycles. The van der Waals surface area contributed by atoms with Crippen LogP contribution in [0.3, 0.4) is 0 Å². The molecule has 5 rings (SSSR count). The Morgan fingerprint density at radius 1 is 0.718 bits per heavy atom. The van der Waals surface area contributed by atoms with Gasteiger partial charge in [-0.1, -0.05) is 84.9 Å². The number of ether oxygens (including phenoxy) is 2. The Kier molecular flexibility index (Phi) is 7.58. The Morgan fingerprint density at radius 2 is 1.33 bits per heavy atom. The smallest absolute Gasteiger partial charge is 0.127 e. The average Bonchev–Trinajstić information content (AvgIpc) is 3.39. The second-order valence-electron chi connectivity index (χ2n) is 11.7. The average molecular weight is 519 g/mol. The van der Waals surface area contributed by atoms with Crippen LogP contribution < -0.4 is 9.75 Å². The lowest BCUT2D eigenvalue weighted by atomic mass is 9.96. The summed E-state index contributed by atoms with van der Waals surface area (Å²) in [5.41, 5.74) is 6.22. The van der Waals surface area contributed by atoms with E-state index >= 15 is 0 Å². The molecule has 0 fully saturated rings. The molecule has 4 nitrogen and oxygen atoms in total. The molecule has 0 N–H and O–H groups in total. The molecule has 4 aromatic carbocycles. The summed E-state index contributed by atoms with van der Waals surface area (Å²) in [5, 5.41) is 7.28. The molecule has 4 aromatic rings. The van der Waals surface area contributed by atoms with E-state index in [2.05, 4.69) is 131 Å². The fraction of sp³-hybridized carbons (Fsp3) is 0.286. The SMILES string of the molecule is CC(C)(C)OCC(C)(C)Oc1cccc(C2CC(c3ccc(-c4ccccc4)cc3)=NN2c2ccccc2)c1. The number of benzene rings is 4. The predicted molar refractivity (Wildman–Crippen MR) is 162 cm³/mol. The Bertz CT molecular complexity index is 1400. The molecule has 0 saturated carbocycles. The number of nitrogens with zero attached hydrogens (tertiary/aromatic N) is 2. The molecule has 1 atom stereocenters. The van der Waals surface area contributed by atoms with Crippen molar-refractivity contribution in [2.45, 2.75) is 58.3 Å². The summed E-state index contributed by atoms with van der Waals surface area (Å²) in [7, 11) is 0. The van der Waals surface area contributed by atoms with Crippen LogP contribution in [0.2, 0.25) is 0 Å². The number of hydrazone groups is 1. The quantitative estimate of drug-likeness (QED) is 0.234. The largest absolute Gasteiger partial charge is 0.485 e. The van der Waals surface area contributed by atoms with Gasteiger partial charge >= 0.3 is 0 Å². The van der Waals surface area contributed by atoms with Crippen LogP contribution in [-0.4, -0.2) is 23.5 Å². The second-order valence-corrected chi connectivity index (χ2v) is 11.7. The molecule has 0 bridgehead atoms. The van der Waals surface area contributed by atoms with Gasteiger partial charge in [0.15, 0.2) is 0 Å². The third-order valence-corrected chi connectivity index (χ3v) is 6.75. The molecule has 0 spiro atoms. The summed E-state index contributed by atoms with van der Waals surface area (Å²) >= 11 is 0. The van der Waals surface area contributed by atoms with Gasteiger partial charge in [-0.05, 0) is 81.1 Å². The van der Waals surface area contributed by atoms with E-state index in [4.69, 9.17) is 14.6 Å². The maximum Gasteiger partial charge on any atom is 0.127 e. The molecule has 1 heterocycles. The van der Waals surface area contributed by atoms with E-state index in [0.717, 1.165) is 29.1 Å². The zero-order valence-electron chi connectivity index (χ0n) is 23.6. The molecular formula is C35H38N2O2. The van der Waals surface area contributed by atoms with E-state index in [1.807, 2.05) is 18.2 Å². The lowest BCUT2D eigenvalue weighted by Crippen LogP contribution is -2.37. The predicted octanol–water partition coefficient (Wildman–Crippen LogP) is 8.68. The number of hydrogen-bond donors (Lipinski definition) is 0. The summed E-state index contributed by atoms with van der Waals surface area (Å²) in [5.74, 6) is 0.837. The summed E-state index contributed by atoms with van der Waals surface area (Å²) in [6.07, 6.45) is 0.805. The summed E-state index contributed by atoms with van der Waals surface area (Å²) in [6, 6.07) is 38.1. The van der Waals surface area contributed by atoms with Crippen LogP contribution in [0, 0.1) is 0 Å². The Labute approximate surface area is 232 Å². The second kappa shape index (κ2) is 11.1. The van der Waals surface area contributed by atoms with Gasteiger partial charge in [-0.15, -0.1) is 0 Å². The minimum absolute atomic E-state index is 0.0636. The van der Waals surface area contributed by atoms with Gasteiger partial charge in [-0.2, -0.15) is 5.10 Å². The molecule has 39 heavy (non-hydrogen) atoms. The minimum atomic E-state index is -0.455. The molecule has 0 aliphatic carbocycles. The van der Waals surface area contributed by atoms with E-state index in [0.29, 0.717) is 6.61 Å². The van der Waals surface area contributed by atoms with Crippen LogP contribution in [0.1, 0.15) is 58.2 Å². The molecule has 1 aliphatic rings. The zero-order valence-corrected chi connectivity index (χ0v) is 23.6. The number of anilines is 1. The lowest BCUT2D eigenvalue weighted by Gasteiger charge is -2.31. The standard InChI is InChI=1S/C35H38N2O2/c1-34(2,3)38-25-35(4,5)39-31-18-12-15-29(23-31)33-24-32(36-37(33)30-16-10-7-11-17-30)28-21-19-27(20-22-28)26-13-8-6-9-14-26/h6-23,33H,24-25H2,1-5H3. The fourth-order valence-corrected chi connectivity index (χ4v) is 4.77. The first-order chi connectivity index (χ1) is 18.7. The van der Waals surface area contributed by atoms with Crippen molar-refractivity contribution in [1.82, 2.24) is 0 Å². The third-order valence-electron chi connectivity index (χ3n) is 6.75. The summed E-state index contributed by atoms with van der Waals surface area (Å²) in [6.45, 7) is 10.8. The highest BCUT2D eigenvalue weighted by atomic mass is 16.6. The van der Waals surface area contributed by atoms with Crippen molar-refractivity contribution in [3.8, 4) is 16.9 Å². The zero-order chi connectivity index (χ0) is 27.5. The van der Waals surface area contributed by atoms with Gasteiger partial charge in [0, 0.05) is 6.42 Å². The van der Waals surface area contributed by atoms with Gasteiger partial charge in [-0.3, -0.25) is 5.01 Å². The summed E-state index contributed by atoms with van der Waals surface area (Å²) in [4.78, 5) is 0. The van der Waals surface area contributed by atoms with Crippen LogP contribution in [0.25, 0.3) is 11.1 Å². The van der Waals surface area contributed by atoms with Gasteiger partial charge in [0.1, 0.15) is 11.4 Å². The van der Waals surface area contributed by atoms with Crippen molar-refractivity contribution < 1.29 is 9.47 Å². The van der Waals surface area contributed by atoms with Crippen molar-refractivity contribution in [1.29, 1.82) is 0 Å². The van der Waals surface area contributed by atoms with Gasteiger partial charge < -0.3 is 9.47 Å². The van der Waals surface area contributed by atoms with E-state index in [-0.39, 0.29) is 11.6 Å². The minimum Gasteiger partial charge on any atom is -0.485 e. The molecule has 0 aromatic heterocycles. The maximum absolute atomic E-state index is 6.42. The van der Waals surface area contributed by atoms with E-state index < -0.39 is 5.60 Å². The first kappa shape index (κ1) is 26.7.